The second kappa shape index (κ2) is 12.8. The zero-order valence-electron chi connectivity index (χ0n) is 22.5. The third kappa shape index (κ3) is 7.91. The quantitative estimate of drug-likeness (QED) is 0.222. The first-order valence-corrected chi connectivity index (χ1v) is 12.3. The van der Waals surface area contributed by atoms with Crippen LogP contribution in [0.15, 0.2) is 54.3 Å². The number of rotatable bonds is 13. The molecule has 0 atom stereocenters. The van der Waals surface area contributed by atoms with Crippen molar-refractivity contribution in [3.05, 3.63) is 65.5 Å². The van der Waals surface area contributed by atoms with Crippen LogP contribution in [0, 0.1) is 5.41 Å². The van der Waals surface area contributed by atoms with E-state index >= 15 is 0 Å². The lowest BCUT2D eigenvalue weighted by molar-refractivity contribution is -0.128. The molecule has 0 N–H and O–H groups in total. The normalized spacial score (nSPS) is 12.5. The van der Waals surface area contributed by atoms with Crippen molar-refractivity contribution in [2.24, 2.45) is 5.41 Å². The molecule has 0 spiro atoms. The van der Waals surface area contributed by atoms with Crippen LogP contribution in [-0.4, -0.2) is 19.0 Å². The van der Waals surface area contributed by atoms with Gasteiger partial charge in [-0.05, 0) is 62.3 Å². The van der Waals surface area contributed by atoms with Gasteiger partial charge in [-0.1, -0.05) is 84.9 Å². The number of Topliss-reactive ketones (excluding diaryl/α,β-unsaturated/α-hetero) is 1. The fraction of sp³-hybridized carbons (Fsp3) is 0.567. The summed E-state index contributed by atoms with van der Waals surface area (Å²) in [5, 5.41) is 0. The van der Waals surface area contributed by atoms with Gasteiger partial charge in [0.1, 0.15) is 24.7 Å². The van der Waals surface area contributed by atoms with Gasteiger partial charge < -0.3 is 9.47 Å². The Hall–Kier alpha value is -2.29. The zero-order valence-corrected chi connectivity index (χ0v) is 22.5. The molecule has 0 aliphatic heterocycles. The minimum absolute atomic E-state index is 0.0889. The van der Waals surface area contributed by atoms with Gasteiger partial charge in [-0.15, -0.1) is 0 Å². The second-order valence-electron chi connectivity index (χ2n) is 10.3. The number of ketones is 1. The fourth-order valence-corrected chi connectivity index (χ4v) is 3.88. The first-order valence-electron chi connectivity index (χ1n) is 12.3. The van der Waals surface area contributed by atoms with Crippen molar-refractivity contribution >= 4 is 5.78 Å². The molecule has 1 aromatic carbocycles. The first kappa shape index (κ1) is 28.7. The van der Waals surface area contributed by atoms with Crippen LogP contribution < -0.4 is 4.74 Å². The maximum atomic E-state index is 12.4. The molecule has 3 nitrogen and oxygen atoms in total. The molecule has 0 saturated carbocycles. The van der Waals surface area contributed by atoms with E-state index in [9.17, 15) is 4.79 Å². The van der Waals surface area contributed by atoms with Gasteiger partial charge in [0.2, 0.25) is 0 Å². The number of carbonyl (C=O) groups is 1. The molecule has 0 aliphatic rings. The van der Waals surface area contributed by atoms with Crippen LogP contribution in [0.25, 0.3) is 0 Å². The molecule has 0 unspecified atom stereocenters. The summed E-state index contributed by atoms with van der Waals surface area (Å²) in [6, 6.07) is 6.42. The Labute approximate surface area is 203 Å². The number of hydrogen-bond acceptors (Lipinski definition) is 3. The summed E-state index contributed by atoms with van der Waals surface area (Å²) in [5.74, 6) is 2.15. The molecule has 0 saturated heterocycles. The van der Waals surface area contributed by atoms with Crippen molar-refractivity contribution in [1.82, 2.24) is 0 Å². The summed E-state index contributed by atoms with van der Waals surface area (Å²) in [4.78, 5) is 12.4. The van der Waals surface area contributed by atoms with Crippen molar-refractivity contribution in [2.45, 2.75) is 92.9 Å². The van der Waals surface area contributed by atoms with Crippen LogP contribution in [-0.2, 0) is 14.9 Å². The summed E-state index contributed by atoms with van der Waals surface area (Å²) in [5.41, 5.74) is 2.99. The topological polar surface area (TPSA) is 35.5 Å². The highest BCUT2D eigenvalue weighted by molar-refractivity contribution is 5.85. The summed E-state index contributed by atoms with van der Waals surface area (Å²) < 4.78 is 12.3. The van der Waals surface area contributed by atoms with E-state index in [-0.39, 0.29) is 23.7 Å². The Balaban J connectivity index is 3.48. The van der Waals surface area contributed by atoms with Crippen molar-refractivity contribution in [3.8, 4) is 5.75 Å². The van der Waals surface area contributed by atoms with Gasteiger partial charge in [0, 0.05) is 5.41 Å². The van der Waals surface area contributed by atoms with Gasteiger partial charge in [-0.3, -0.25) is 4.79 Å². The first-order chi connectivity index (χ1) is 15.4. The second-order valence-corrected chi connectivity index (χ2v) is 10.3. The summed E-state index contributed by atoms with van der Waals surface area (Å²) in [6.07, 6.45) is 8.90. The van der Waals surface area contributed by atoms with E-state index in [1.54, 1.807) is 6.08 Å². The highest BCUT2D eigenvalue weighted by atomic mass is 16.5. The minimum atomic E-state index is -0.412. The van der Waals surface area contributed by atoms with Crippen molar-refractivity contribution < 1.29 is 14.3 Å². The predicted molar refractivity (Wildman–Crippen MR) is 141 cm³/mol. The predicted octanol–water partition coefficient (Wildman–Crippen LogP) is 8.30. The molecule has 33 heavy (non-hydrogen) atoms. The van der Waals surface area contributed by atoms with Gasteiger partial charge in [0.15, 0.2) is 5.78 Å². The fourth-order valence-electron chi connectivity index (χ4n) is 3.88. The monoisotopic (exact) mass is 454 g/mol. The molecule has 0 bridgehead atoms. The SMILES string of the molecule is C=CCO/C(=C\CC=C(C)C)C(CC)(CC)c1ccc(OCC(=O)C(C)(C)C)c(C(C)C)c1. The van der Waals surface area contributed by atoms with E-state index in [0.717, 1.165) is 36.3 Å². The summed E-state index contributed by atoms with van der Waals surface area (Å²) >= 11 is 0. The van der Waals surface area contributed by atoms with Gasteiger partial charge in [0.25, 0.3) is 0 Å². The molecule has 0 amide bonds. The number of carbonyl (C=O) groups excluding carboxylic acids is 1. The van der Waals surface area contributed by atoms with Crippen LogP contribution in [0.3, 0.4) is 0 Å². The van der Waals surface area contributed by atoms with Crippen LogP contribution >= 0.6 is 0 Å². The Morgan fingerprint density at radius 1 is 1.09 bits per heavy atom. The standard InChI is InChI=1S/C30H46O3/c1-11-19-32-28(16-14-15-22(4)5)30(12-2,13-3)24-17-18-26(25(20-24)23(6)7)33-21-27(31)29(8,9)10/h11,15-18,20,23H,1,12-14,19,21H2,2-10H3/b28-16-. The lowest BCUT2D eigenvalue weighted by Crippen LogP contribution is -2.29. The average molecular weight is 455 g/mol. The highest BCUT2D eigenvalue weighted by Gasteiger charge is 2.35. The van der Waals surface area contributed by atoms with Gasteiger partial charge in [-0.2, -0.15) is 0 Å². The lowest BCUT2D eigenvalue weighted by Gasteiger charge is -2.35. The summed E-state index contributed by atoms with van der Waals surface area (Å²) in [6.45, 7) is 23.2. The molecule has 0 aliphatic carbocycles. The molecule has 1 rings (SSSR count). The van der Waals surface area contributed by atoms with Gasteiger partial charge >= 0.3 is 0 Å². The van der Waals surface area contributed by atoms with E-state index in [4.69, 9.17) is 9.47 Å². The van der Waals surface area contributed by atoms with Crippen LogP contribution in [0.2, 0.25) is 0 Å². The summed E-state index contributed by atoms with van der Waals surface area (Å²) in [7, 11) is 0. The van der Waals surface area contributed by atoms with Gasteiger partial charge in [-0.25, -0.2) is 0 Å². The van der Waals surface area contributed by atoms with Gasteiger partial charge in [0.05, 0.1) is 5.41 Å². The Bertz CT molecular complexity index is 842. The molecule has 1 aromatic rings. The molecule has 3 heteroatoms. The van der Waals surface area contributed by atoms with Crippen LogP contribution in [0.4, 0.5) is 0 Å². The molecular formula is C30H46O3. The van der Waals surface area contributed by atoms with E-state index in [0.29, 0.717) is 6.61 Å². The molecule has 0 aromatic heterocycles. The van der Waals surface area contributed by atoms with Crippen molar-refractivity contribution in [2.75, 3.05) is 13.2 Å². The Kier molecular flexibility index (Phi) is 11.2. The minimum Gasteiger partial charge on any atom is -0.493 e. The molecule has 0 fully saturated rings. The van der Waals surface area contributed by atoms with Crippen molar-refractivity contribution in [1.29, 1.82) is 0 Å². The van der Waals surface area contributed by atoms with E-state index in [1.807, 2.05) is 26.8 Å². The Morgan fingerprint density at radius 2 is 1.73 bits per heavy atom. The van der Waals surface area contributed by atoms with E-state index < -0.39 is 5.41 Å². The maximum Gasteiger partial charge on any atom is 0.175 e. The third-order valence-corrected chi connectivity index (χ3v) is 6.24. The van der Waals surface area contributed by atoms with Crippen LogP contribution in [0.5, 0.6) is 5.75 Å². The molecule has 0 radical (unpaired) electrons. The van der Waals surface area contributed by atoms with E-state index in [1.165, 1.54) is 11.1 Å². The number of allylic oxidation sites excluding steroid dienone is 4. The highest BCUT2D eigenvalue weighted by Crippen LogP contribution is 2.42. The largest absolute Gasteiger partial charge is 0.493 e. The van der Waals surface area contributed by atoms with Crippen LogP contribution in [0.1, 0.15) is 98.6 Å². The zero-order chi connectivity index (χ0) is 25.2. The van der Waals surface area contributed by atoms with Crippen molar-refractivity contribution in [3.63, 3.8) is 0 Å². The third-order valence-electron chi connectivity index (χ3n) is 6.24. The number of ether oxygens (including phenoxy) is 2. The Morgan fingerprint density at radius 3 is 2.21 bits per heavy atom. The number of hydrogen-bond donors (Lipinski definition) is 0. The molecule has 0 heterocycles. The molecule has 184 valence electrons. The van der Waals surface area contributed by atoms with E-state index in [2.05, 4.69) is 72.4 Å². The smallest absolute Gasteiger partial charge is 0.175 e. The molecular weight excluding hydrogens is 408 g/mol. The average Bonchev–Trinajstić information content (AvgIpc) is 2.75. The lowest BCUT2D eigenvalue weighted by atomic mass is 9.73. The number of benzene rings is 1. The maximum absolute atomic E-state index is 12.4.